The molecule has 6 nitrogen and oxygen atoms in total. The first kappa shape index (κ1) is 18.4. The first-order valence-corrected chi connectivity index (χ1v) is 8.27. The Morgan fingerprint density at radius 2 is 1.77 bits per heavy atom. The summed E-state index contributed by atoms with van der Waals surface area (Å²) in [6.07, 6.45) is 1.87. The Morgan fingerprint density at radius 3 is 2.23 bits per heavy atom. The molecule has 0 radical (unpaired) electrons. The summed E-state index contributed by atoms with van der Waals surface area (Å²) in [5.41, 5.74) is 2.71. The molecule has 0 saturated carbocycles. The largest absolute Gasteiger partial charge is 0.453 e. The second-order valence-electron chi connectivity index (χ2n) is 5.22. The van der Waals surface area contributed by atoms with Crippen molar-refractivity contribution >= 4 is 23.6 Å². The maximum Gasteiger partial charge on any atom is 0.306 e. The normalized spacial score (nSPS) is 11.9. The lowest BCUT2D eigenvalue weighted by Gasteiger charge is -2.17. The molecule has 0 aliphatic rings. The molecule has 22 heavy (non-hydrogen) atoms. The number of carbonyl (C=O) groups is 2. The quantitative estimate of drug-likeness (QED) is 0.451. The monoisotopic (exact) mass is 325 g/mol. The van der Waals surface area contributed by atoms with Crippen molar-refractivity contribution in [2.45, 2.75) is 44.9 Å². The summed E-state index contributed by atoms with van der Waals surface area (Å²) >= 11 is 1.49. The number of hydrogen-bond acceptors (Lipinski definition) is 6. The molecule has 0 unspecified atom stereocenters. The molecule has 0 aliphatic heterocycles. The van der Waals surface area contributed by atoms with Gasteiger partial charge >= 0.3 is 5.97 Å². The maximum atomic E-state index is 11.9. The zero-order chi connectivity index (χ0) is 16.9. The van der Waals surface area contributed by atoms with E-state index < -0.39 is 12.1 Å². The van der Waals surface area contributed by atoms with Gasteiger partial charge in [-0.25, -0.2) is 9.97 Å². The second-order valence-corrected chi connectivity index (χ2v) is 6.00. The van der Waals surface area contributed by atoms with Crippen LogP contribution in [0, 0.1) is 13.8 Å². The first-order valence-electron chi connectivity index (χ1n) is 7.05. The van der Waals surface area contributed by atoms with Crippen molar-refractivity contribution in [2.75, 3.05) is 20.4 Å². The van der Waals surface area contributed by atoms with Crippen LogP contribution in [-0.2, 0) is 20.7 Å². The fourth-order valence-electron chi connectivity index (χ4n) is 2.06. The van der Waals surface area contributed by atoms with Crippen molar-refractivity contribution in [3.63, 3.8) is 0 Å². The van der Waals surface area contributed by atoms with Crippen molar-refractivity contribution in [2.24, 2.45) is 0 Å². The van der Waals surface area contributed by atoms with Crippen LogP contribution in [0.15, 0.2) is 5.16 Å². The van der Waals surface area contributed by atoms with Crippen LogP contribution in [-0.4, -0.2) is 53.2 Å². The van der Waals surface area contributed by atoms with E-state index in [9.17, 15) is 9.59 Å². The molecule has 0 spiro atoms. The number of ether oxygens (including phenoxy) is 1. The first-order chi connectivity index (χ1) is 10.3. The number of aryl methyl sites for hydroxylation is 2. The van der Waals surface area contributed by atoms with Gasteiger partial charge in [0.05, 0.1) is 0 Å². The third-order valence-corrected chi connectivity index (χ3v) is 3.81. The number of thioether (sulfide) groups is 1. The Labute approximate surface area is 135 Å². The molecule has 0 saturated heterocycles. The Morgan fingerprint density at radius 1 is 1.23 bits per heavy atom. The zero-order valence-corrected chi connectivity index (χ0v) is 14.8. The van der Waals surface area contributed by atoms with Crippen LogP contribution in [0.25, 0.3) is 0 Å². The average Bonchev–Trinajstić information content (AvgIpc) is 2.44. The number of likely N-dealkylation sites (N-methyl/N-ethyl adjacent to an activating group) is 1. The number of esters is 1. The van der Waals surface area contributed by atoms with Crippen molar-refractivity contribution in [3.8, 4) is 0 Å². The predicted octanol–water partition coefficient (Wildman–Crippen LogP) is 1.77. The van der Waals surface area contributed by atoms with Crippen LogP contribution in [0.1, 0.15) is 30.3 Å². The molecule has 1 atom stereocenters. The van der Waals surface area contributed by atoms with Gasteiger partial charge in [-0.3, -0.25) is 9.59 Å². The lowest BCUT2D eigenvalue weighted by atomic mass is 10.1. The third kappa shape index (κ3) is 4.98. The van der Waals surface area contributed by atoms with Crippen molar-refractivity contribution in [3.05, 3.63) is 17.0 Å². The Hall–Kier alpha value is -1.63. The van der Waals surface area contributed by atoms with Gasteiger partial charge < -0.3 is 9.64 Å². The van der Waals surface area contributed by atoms with Gasteiger partial charge in [0, 0.05) is 31.9 Å². The van der Waals surface area contributed by atoms with Gasteiger partial charge in [-0.05, 0) is 39.0 Å². The molecule has 0 aliphatic carbocycles. The Kier molecular flexibility index (Phi) is 6.80. The molecule has 122 valence electrons. The molecular formula is C15H23N3O3S. The summed E-state index contributed by atoms with van der Waals surface area (Å²) in [5, 5.41) is 0.728. The minimum absolute atomic E-state index is 0.203. The minimum Gasteiger partial charge on any atom is -0.453 e. The van der Waals surface area contributed by atoms with Gasteiger partial charge in [-0.2, -0.15) is 0 Å². The molecule has 0 fully saturated rings. The van der Waals surface area contributed by atoms with E-state index in [4.69, 9.17) is 4.74 Å². The van der Waals surface area contributed by atoms with Crippen LogP contribution >= 0.6 is 11.8 Å². The van der Waals surface area contributed by atoms with Crippen LogP contribution < -0.4 is 0 Å². The van der Waals surface area contributed by atoms with E-state index >= 15 is 0 Å². The van der Waals surface area contributed by atoms with Gasteiger partial charge in [0.1, 0.15) is 0 Å². The lowest BCUT2D eigenvalue weighted by molar-refractivity contribution is -0.157. The van der Waals surface area contributed by atoms with Gasteiger partial charge in [-0.15, -0.1) is 0 Å². The number of nitrogens with zero attached hydrogens (tertiary/aromatic N) is 3. The van der Waals surface area contributed by atoms with Crippen LogP contribution in [0.5, 0.6) is 0 Å². The number of aromatic nitrogens is 2. The van der Waals surface area contributed by atoms with Gasteiger partial charge in [-0.1, -0.05) is 11.8 Å². The summed E-state index contributed by atoms with van der Waals surface area (Å²) in [6.45, 7) is 5.40. The van der Waals surface area contributed by atoms with E-state index in [0.29, 0.717) is 6.42 Å². The van der Waals surface area contributed by atoms with Gasteiger partial charge in [0.15, 0.2) is 11.3 Å². The van der Waals surface area contributed by atoms with E-state index in [0.717, 1.165) is 22.1 Å². The highest BCUT2D eigenvalue weighted by Crippen LogP contribution is 2.17. The SMILES string of the molecule is CSc1nc(C)c(CCC(=O)O[C@H](C)C(=O)N(C)C)c(C)n1. The maximum absolute atomic E-state index is 11.9. The molecule has 7 heteroatoms. The van der Waals surface area contributed by atoms with Crippen LogP contribution in [0.3, 0.4) is 0 Å². The fourth-order valence-corrected chi connectivity index (χ4v) is 2.52. The predicted molar refractivity (Wildman–Crippen MR) is 85.9 cm³/mol. The molecule has 0 bridgehead atoms. The van der Waals surface area contributed by atoms with Crippen molar-refractivity contribution in [1.82, 2.24) is 14.9 Å². The second kappa shape index (κ2) is 8.12. The smallest absolute Gasteiger partial charge is 0.306 e. The lowest BCUT2D eigenvalue weighted by Crippen LogP contribution is -2.34. The Bertz CT molecular complexity index is 538. The highest BCUT2D eigenvalue weighted by molar-refractivity contribution is 7.98. The zero-order valence-electron chi connectivity index (χ0n) is 14.0. The Balaban J connectivity index is 2.63. The van der Waals surface area contributed by atoms with E-state index in [1.165, 1.54) is 16.7 Å². The summed E-state index contributed by atoms with van der Waals surface area (Å²) in [7, 11) is 3.26. The molecule has 0 N–H and O–H groups in total. The molecule has 1 aromatic rings. The number of amides is 1. The number of hydrogen-bond donors (Lipinski definition) is 0. The highest BCUT2D eigenvalue weighted by atomic mass is 32.2. The van der Waals surface area contributed by atoms with Gasteiger partial charge in [0.25, 0.3) is 5.91 Å². The fraction of sp³-hybridized carbons (Fsp3) is 0.600. The molecule has 1 aromatic heterocycles. The van der Waals surface area contributed by atoms with E-state index in [1.54, 1.807) is 21.0 Å². The van der Waals surface area contributed by atoms with Crippen molar-refractivity contribution in [1.29, 1.82) is 0 Å². The summed E-state index contributed by atoms with van der Waals surface area (Å²) in [4.78, 5) is 33.7. The van der Waals surface area contributed by atoms with Crippen LogP contribution in [0.2, 0.25) is 0 Å². The van der Waals surface area contributed by atoms with Crippen molar-refractivity contribution < 1.29 is 14.3 Å². The summed E-state index contributed by atoms with van der Waals surface area (Å²) in [5.74, 6) is -0.621. The molecule has 0 aromatic carbocycles. The summed E-state index contributed by atoms with van der Waals surface area (Å²) in [6, 6.07) is 0. The van der Waals surface area contributed by atoms with Gasteiger partial charge in [0.2, 0.25) is 0 Å². The minimum atomic E-state index is -0.764. The van der Waals surface area contributed by atoms with Crippen LogP contribution in [0.4, 0.5) is 0 Å². The molecule has 1 amide bonds. The standard InChI is InChI=1S/C15H23N3O3S/c1-9-12(10(2)17-15(16-9)22-6)7-8-13(19)21-11(3)14(20)18(4)5/h11H,7-8H2,1-6H3/t11-/m1/s1. The van der Waals surface area contributed by atoms with E-state index in [-0.39, 0.29) is 12.3 Å². The number of carbonyl (C=O) groups excluding carboxylic acids is 2. The number of rotatable bonds is 6. The topological polar surface area (TPSA) is 72.4 Å². The highest BCUT2D eigenvalue weighted by Gasteiger charge is 2.19. The average molecular weight is 325 g/mol. The molecule has 1 rings (SSSR count). The third-order valence-electron chi connectivity index (χ3n) is 3.26. The van der Waals surface area contributed by atoms with E-state index in [2.05, 4.69) is 9.97 Å². The molecular weight excluding hydrogens is 302 g/mol. The molecule has 1 heterocycles. The summed E-state index contributed by atoms with van der Waals surface area (Å²) < 4.78 is 5.14. The van der Waals surface area contributed by atoms with E-state index in [1.807, 2.05) is 20.1 Å².